The van der Waals surface area contributed by atoms with Crippen molar-refractivity contribution < 1.29 is 24.0 Å². The zero-order valence-electron chi connectivity index (χ0n) is 18.4. The van der Waals surface area contributed by atoms with Gasteiger partial charge in [0.15, 0.2) is 5.76 Å². The number of ketones is 1. The normalized spacial score (nSPS) is 13.4. The average molecular weight is 467 g/mol. The molecule has 0 unspecified atom stereocenters. The van der Waals surface area contributed by atoms with E-state index in [4.69, 9.17) is 9.47 Å². The number of rotatable bonds is 5. The van der Waals surface area contributed by atoms with Crippen LogP contribution in [-0.2, 0) is 4.74 Å². The molecule has 0 bridgehead atoms. The molecule has 0 aliphatic carbocycles. The molecule has 0 saturated heterocycles. The van der Waals surface area contributed by atoms with Gasteiger partial charge in [-0.1, -0.05) is 30.3 Å². The number of non-ortho nitro benzene ring substituents is 1. The van der Waals surface area contributed by atoms with Gasteiger partial charge in [-0.2, -0.15) is 5.10 Å². The highest BCUT2D eigenvalue weighted by Gasteiger charge is 2.29. The van der Waals surface area contributed by atoms with Crippen molar-refractivity contribution in [3.8, 4) is 22.7 Å². The number of fused-ring (bicyclic) bond motifs is 1. The first-order valence-electron chi connectivity index (χ1n) is 10.5. The summed E-state index contributed by atoms with van der Waals surface area (Å²) in [6, 6.07) is 19.9. The lowest BCUT2D eigenvalue weighted by atomic mass is 10.0. The summed E-state index contributed by atoms with van der Waals surface area (Å²) in [4.78, 5) is 35.4. The lowest BCUT2D eigenvalue weighted by Gasteiger charge is -2.01. The fourth-order valence-electron chi connectivity index (χ4n) is 3.75. The van der Waals surface area contributed by atoms with Crippen LogP contribution in [0.15, 0.2) is 84.8 Å². The van der Waals surface area contributed by atoms with E-state index in [1.54, 1.807) is 35.2 Å². The molecule has 0 spiro atoms. The maximum absolute atomic E-state index is 13.1. The lowest BCUT2D eigenvalue weighted by Crippen LogP contribution is -2.03. The van der Waals surface area contributed by atoms with Crippen LogP contribution in [0.3, 0.4) is 0 Å². The van der Waals surface area contributed by atoms with Crippen molar-refractivity contribution in [2.75, 3.05) is 7.11 Å². The van der Waals surface area contributed by atoms with Gasteiger partial charge in [0.2, 0.25) is 5.78 Å². The summed E-state index contributed by atoms with van der Waals surface area (Å²) in [6.07, 6.45) is 3.31. The van der Waals surface area contributed by atoms with Crippen molar-refractivity contribution in [1.29, 1.82) is 0 Å². The molecule has 0 fully saturated rings. The largest absolute Gasteiger partial charge is 0.465 e. The predicted molar refractivity (Wildman–Crippen MR) is 126 cm³/mol. The molecule has 9 nitrogen and oxygen atoms in total. The van der Waals surface area contributed by atoms with Gasteiger partial charge in [0, 0.05) is 29.5 Å². The Labute approximate surface area is 199 Å². The van der Waals surface area contributed by atoms with Gasteiger partial charge in [0.1, 0.15) is 11.4 Å². The number of ether oxygens (including phenoxy) is 2. The van der Waals surface area contributed by atoms with Crippen molar-refractivity contribution in [3.63, 3.8) is 0 Å². The van der Waals surface area contributed by atoms with Crippen LogP contribution in [0.5, 0.6) is 5.75 Å². The second-order valence-electron chi connectivity index (χ2n) is 7.66. The molecule has 1 aliphatic rings. The third kappa shape index (κ3) is 4.06. The third-order valence-electron chi connectivity index (χ3n) is 5.49. The number of aromatic nitrogens is 2. The van der Waals surface area contributed by atoms with Gasteiger partial charge in [-0.15, -0.1) is 0 Å². The number of esters is 1. The number of hydrogen-bond donors (Lipinski definition) is 0. The first kappa shape index (κ1) is 21.8. The number of allylic oxidation sites excluding steroid dienone is 1. The van der Waals surface area contributed by atoms with Gasteiger partial charge in [-0.25, -0.2) is 9.48 Å². The number of nitro benzene ring substituents is 1. The zero-order chi connectivity index (χ0) is 24.5. The molecule has 0 atom stereocenters. The van der Waals surface area contributed by atoms with Gasteiger partial charge in [-0.3, -0.25) is 14.9 Å². The highest BCUT2D eigenvalue weighted by Crippen LogP contribution is 2.34. The van der Waals surface area contributed by atoms with Crippen LogP contribution in [0.1, 0.15) is 26.3 Å². The summed E-state index contributed by atoms with van der Waals surface area (Å²) in [5, 5.41) is 15.7. The van der Waals surface area contributed by atoms with Gasteiger partial charge >= 0.3 is 5.97 Å². The SMILES string of the molecule is COC(=O)c1ccc2c(c1)C(=O)C(=Cc1cn(-c3ccc([N+](=O)[O-])cc3)nc1-c1ccccc1)O2. The second kappa shape index (κ2) is 8.71. The van der Waals surface area contributed by atoms with Gasteiger partial charge in [0.25, 0.3) is 5.69 Å². The minimum atomic E-state index is -0.547. The minimum absolute atomic E-state index is 0.0272. The van der Waals surface area contributed by atoms with Crippen LogP contribution in [0.4, 0.5) is 5.69 Å². The Bertz CT molecular complexity index is 1500. The maximum Gasteiger partial charge on any atom is 0.337 e. The Morgan fingerprint density at radius 3 is 2.51 bits per heavy atom. The van der Waals surface area contributed by atoms with E-state index in [2.05, 4.69) is 5.10 Å². The van der Waals surface area contributed by atoms with E-state index < -0.39 is 10.9 Å². The van der Waals surface area contributed by atoms with Gasteiger partial charge in [-0.05, 0) is 36.4 Å². The Balaban J connectivity index is 1.56. The molecule has 0 amide bonds. The molecule has 2 heterocycles. The Hall–Kier alpha value is -5.05. The molecule has 0 N–H and O–H groups in total. The molecule has 1 aromatic heterocycles. The number of carbonyl (C=O) groups excluding carboxylic acids is 2. The van der Waals surface area contributed by atoms with E-state index in [0.717, 1.165) is 5.56 Å². The van der Waals surface area contributed by atoms with Crippen LogP contribution in [-0.4, -0.2) is 33.6 Å². The van der Waals surface area contributed by atoms with Crippen molar-refractivity contribution in [1.82, 2.24) is 9.78 Å². The van der Waals surface area contributed by atoms with Crippen LogP contribution < -0.4 is 4.74 Å². The first-order valence-corrected chi connectivity index (χ1v) is 10.5. The standard InChI is InChI=1S/C26H17N3O6/c1-34-26(31)17-7-12-22-21(13-17)25(30)23(35-22)14-18-15-28(19-8-10-20(11-9-19)29(32)33)27-24(18)16-5-3-2-4-6-16/h2-15H,1H3. The molecule has 1 aliphatic heterocycles. The van der Waals surface area contributed by atoms with E-state index in [1.807, 2.05) is 30.3 Å². The van der Waals surface area contributed by atoms with E-state index in [-0.39, 0.29) is 28.4 Å². The summed E-state index contributed by atoms with van der Waals surface area (Å²) in [6.45, 7) is 0. The summed E-state index contributed by atoms with van der Waals surface area (Å²) >= 11 is 0. The molecule has 172 valence electrons. The first-order chi connectivity index (χ1) is 16.9. The van der Waals surface area contributed by atoms with Crippen molar-refractivity contribution in [3.05, 3.63) is 112 Å². The molecule has 0 saturated carbocycles. The molecular weight excluding hydrogens is 450 g/mol. The number of carbonyl (C=O) groups is 2. The monoisotopic (exact) mass is 467 g/mol. The number of Topliss-reactive ketones (excluding diaryl/α,β-unsaturated/α-hetero) is 1. The molecule has 4 aromatic rings. The number of methoxy groups -OCH3 is 1. The smallest absolute Gasteiger partial charge is 0.337 e. The Morgan fingerprint density at radius 1 is 1.09 bits per heavy atom. The topological polar surface area (TPSA) is 114 Å². The Morgan fingerprint density at radius 2 is 1.83 bits per heavy atom. The lowest BCUT2D eigenvalue weighted by molar-refractivity contribution is -0.384. The average Bonchev–Trinajstić information content (AvgIpc) is 3.45. The van der Waals surface area contributed by atoms with Crippen LogP contribution in [0.25, 0.3) is 23.0 Å². The van der Waals surface area contributed by atoms with Gasteiger partial charge < -0.3 is 9.47 Å². The van der Waals surface area contributed by atoms with E-state index >= 15 is 0 Å². The van der Waals surface area contributed by atoms with Crippen molar-refractivity contribution in [2.24, 2.45) is 0 Å². The minimum Gasteiger partial charge on any atom is -0.465 e. The number of nitro groups is 1. The molecular formula is C26H17N3O6. The zero-order valence-corrected chi connectivity index (χ0v) is 18.4. The Kier molecular flexibility index (Phi) is 5.42. The number of nitrogens with zero attached hydrogens (tertiary/aromatic N) is 3. The third-order valence-corrected chi connectivity index (χ3v) is 5.49. The summed E-state index contributed by atoms with van der Waals surface area (Å²) in [5.41, 5.74) is 3.13. The van der Waals surface area contributed by atoms with Crippen LogP contribution in [0, 0.1) is 10.1 Å². The summed E-state index contributed by atoms with van der Waals surface area (Å²) < 4.78 is 12.1. The summed E-state index contributed by atoms with van der Waals surface area (Å²) in [5.74, 6) is -0.484. The molecule has 3 aromatic carbocycles. The van der Waals surface area contributed by atoms with Gasteiger partial charge in [0.05, 0.1) is 28.8 Å². The molecule has 0 radical (unpaired) electrons. The second-order valence-corrected chi connectivity index (χ2v) is 7.66. The fourth-order valence-corrected chi connectivity index (χ4v) is 3.75. The van der Waals surface area contributed by atoms with E-state index in [1.165, 1.54) is 31.4 Å². The maximum atomic E-state index is 13.1. The number of hydrogen-bond acceptors (Lipinski definition) is 7. The molecule has 9 heteroatoms. The van der Waals surface area contributed by atoms with Crippen LogP contribution in [0.2, 0.25) is 0 Å². The highest BCUT2D eigenvalue weighted by atomic mass is 16.6. The fraction of sp³-hybridized carbons (Fsp3) is 0.0385. The number of benzene rings is 3. The molecule has 5 rings (SSSR count). The quantitative estimate of drug-likeness (QED) is 0.178. The van der Waals surface area contributed by atoms with Crippen molar-refractivity contribution in [2.45, 2.75) is 0 Å². The van der Waals surface area contributed by atoms with Crippen LogP contribution >= 0.6 is 0 Å². The highest BCUT2D eigenvalue weighted by molar-refractivity contribution is 6.15. The summed E-state index contributed by atoms with van der Waals surface area (Å²) in [7, 11) is 1.27. The van der Waals surface area contributed by atoms with E-state index in [0.29, 0.717) is 22.7 Å². The molecule has 35 heavy (non-hydrogen) atoms. The van der Waals surface area contributed by atoms with Crippen molar-refractivity contribution >= 4 is 23.5 Å². The predicted octanol–water partition coefficient (Wildman–Crippen LogP) is 4.85. The van der Waals surface area contributed by atoms with E-state index in [9.17, 15) is 19.7 Å².